The smallest absolute Gasteiger partial charge is 0.227 e. The summed E-state index contributed by atoms with van der Waals surface area (Å²) < 4.78 is 19.4. The summed E-state index contributed by atoms with van der Waals surface area (Å²) >= 11 is 0. The fourth-order valence-electron chi connectivity index (χ4n) is 4.71. The lowest BCUT2D eigenvalue weighted by molar-refractivity contribution is 0.122. The van der Waals surface area contributed by atoms with E-state index in [1.165, 1.54) is 11.6 Å². The van der Waals surface area contributed by atoms with Crippen LogP contribution in [0, 0.1) is 5.82 Å². The molecule has 0 bridgehead atoms. The summed E-state index contributed by atoms with van der Waals surface area (Å²) in [5.74, 6) is 1.49. The number of rotatable bonds is 6. The Hall–Kier alpha value is -3.19. The van der Waals surface area contributed by atoms with Crippen LogP contribution in [0.25, 0.3) is 0 Å². The Labute approximate surface area is 194 Å². The molecule has 3 aromatic rings. The molecule has 0 N–H and O–H groups in total. The molecule has 7 heteroatoms. The van der Waals surface area contributed by atoms with E-state index in [4.69, 9.17) is 14.7 Å². The molecule has 0 aliphatic carbocycles. The van der Waals surface area contributed by atoms with Gasteiger partial charge in [-0.15, -0.1) is 0 Å². The summed E-state index contributed by atoms with van der Waals surface area (Å²) in [5.41, 5.74) is 2.16. The van der Waals surface area contributed by atoms with Crippen molar-refractivity contribution in [3.05, 3.63) is 78.2 Å². The van der Waals surface area contributed by atoms with E-state index >= 15 is 0 Å². The van der Waals surface area contributed by atoms with Crippen LogP contribution in [-0.2, 0) is 11.3 Å². The number of anilines is 3. The van der Waals surface area contributed by atoms with Crippen molar-refractivity contribution in [3.8, 4) is 0 Å². The zero-order valence-electron chi connectivity index (χ0n) is 18.8. The van der Waals surface area contributed by atoms with Crippen LogP contribution in [0.3, 0.4) is 0 Å². The fourth-order valence-corrected chi connectivity index (χ4v) is 4.71. The van der Waals surface area contributed by atoms with Gasteiger partial charge in [-0.2, -0.15) is 4.98 Å². The van der Waals surface area contributed by atoms with E-state index in [1.807, 2.05) is 24.4 Å². The van der Waals surface area contributed by atoms with Crippen LogP contribution in [0.5, 0.6) is 0 Å². The number of piperidine rings is 1. The largest absolute Gasteiger partial charge is 0.378 e. The van der Waals surface area contributed by atoms with Crippen LogP contribution in [0.2, 0.25) is 0 Å². The Balaban J connectivity index is 1.43. The Morgan fingerprint density at radius 3 is 2.64 bits per heavy atom. The summed E-state index contributed by atoms with van der Waals surface area (Å²) in [7, 11) is 0. The molecule has 6 nitrogen and oxygen atoms in total. The van der Waals surface area contributed by atoms with Crippen LogP contribution in [0.1, 0.15) is 18.4 Å². The third-order valence-electron chi connectivity index (χ3n) is 6.43. The molecule has 33 heavy (non-hydrogen) atoms. The van der Waals surface area contributed by atoms with Crippen molar-refractivity contribution in [2.45, 2.75) is 25.4 Å². The minimum atomic E-state index is -0.197. The summed E-state index contributed by atoms with van der Waals surface area (Å²) in [6.07, 6.45) is 3.94. The molecule has 2 fully saturated rings. The fraction of sp³-hybridized carbons (Fsp3) is 0.385. The van der Waals surface area contributed by atoms with Crippen molar-refractivity contribution in [2.24, 2.45) is 0 Å². The zero-order valence-corrected chi connectivity index (χ0v) is 18.8. The summed E-state index contributed by atoms with van der Waals surface area (Å²) in [6, 6.07) is 19.6. The molecule has 1 unspecified atom stereocenters. The van der Waals surface area contributed by atoms with E-state index in [9.17, 15) is 4.39 Å². The molecule has 1 aromatic heterocycles. The maximum atomic E-state index is 13.9. The van der Waals surface area contributed by atoms with E-state index < -0.39 is 0 Å². The highest BCUT2D eigenvalue weighted by atomic mass is 19.1. The lowest BCUT2D eigenvalue weighted by atomic mass is 10.0. The van der Waals surface area contributed by atoms with Crippen LogP contribution >= 0.6 is 0 Å². The zero-order chi connectivity index (χ0) is 22.5. The first-order valence-electron chi connectivity index (χ1n) is 11.7. The Bertz CT molecular complexity index is 1040. The average molecular weight is 448 g/mol. The van der Waals surface area contributed by atoms with E-state index in [-0.39, 0.29) is 11.9 Å². The maximum absolute atomic E-state index is 13.9. The molecular formula is C26H30FN5O. The lowest BCUT2D eigenvalue weighted by Gasteiger charge is -2.40. The van der Waals surface area contributed by atoms with Gasteiger partial charge in [0.1, 0.15) is 11.6 Å². The number of aromatic nitrogens is 2. The summed E-state index contributed by atoms with van der Waals surface area (Å²) in [4.78, 5) is 16.5. The average Bonchev–Trinajstić information content (AvgIpc) is 2.89. The van der Waals surface area contributed by atoms with E-state index in [0.29, 0.717) is 0 Å². The van der Waals surface area contributed by atoms with E-state index in [1.54, 1.807) is 12.1 Å². The van der Waals surface area contributed by atoms with Gasteiger partial charge in [0.2, 0.25) is 5.95 Å². The van der Waals surface area contributed by atoms with Gasteiger partial charge >= 0.3 is 0 Å². The second-order valence-corrected chi connectivity index (χ2v) is 8.65. The van der Waals surface area contributed by atoms with Crippen LogP contribution in [-0.4, -0.2) is 55.4 Å². The molecule has 2 saturated heterocycles. The van der Waals surface area contributed by atoms with Gasteiger partial charge in [0.15, 0.2) is 0 Å². The maximum Gasteiger partial charge on any atom is 0.227 e. The van der Waals surface area contributed by atoms with Crippen molar-refractivity contribution in [1.29, 1.82) is 0 Å². The minimum absolute atomic E-state index is 0.197. The van der Waals surface area contributed by atoms with Gasteiger partial charge in [0, 0.05) is 50.6 Å². The third kappa shape index (κ3) is 5.25. The van der Waals surface area contributed by atoms with E-state index in [2.05, 4.69) is 39.0 Å². The van der Waals surface area contributed by atoms with Crippen molar-refractivity contribution in [1.82, 2.24) is 9.97 Å². The van der Waals surface area contributed by atoms with Gasteiger partial charge in [0.05, 0.1) is 13.2 Å². The highest BCUT2D eigenvalue weighted by molar-refractivity contribution is 5.49. The van der Waals surface area contributed by atoms with Crippen molar-refractivity contribution in [3.63, 3.8) is 0 Å². The monoisotopic (exact) mass is 447 g/mol. The first-order chi connectivity index (χ1) is 16.3. The molecule has 1 atom stereocenters. The molecule has 0 amide bonds. The van der Waals surface area contributed by atoms with Gasteiger partial charge in [-0.05, 0) is 42.7 Å². The quantitative estimate of drug-likeness (QED) is 0.566. The number of hydrogen-bond acceptors (Lipinski definition) is 6. The number of nitrogens with zero attached hydrogens (tertiary/aromatic N) is 5. The van der Waals surface area contributed by atoms with Crippen molar-refractivity contribution < 1.29 is 9.13 Å². The van der Waals surface area contributed by atoms with E-state index in [0.717, 1.165) is 76.2 Å². The molecule has 0 saturated carbocycles. The molecule has 5 rings (SSSR count). The molecule has 2 aliphatic rings. The van der Waals surface area contributed by atoms with Gasteiger partial charge in [-0.1, -0.05) is 36.4 Å². The van der Waals surface area contributed by atoms with Crippen molar-refractivity contribution >= 4 is 17.5 Å². The summed E-state index contributed by atoms with van der Waals surface area (Å²) in [6.45, 7) is 5.58. The highest BCUT2D eigenvalue weighted by Crippen LogP contribution is 2.27. The first kappa shape index (κ1) is 21.6. The number of morpholine rings is 1. The van der Waals surface area contributed by atoms with Crippen LogP contribution in [0.15, 0.2) is 66.9 Å². The minimum Gasteiger partial charge on any atom is -0.378 e. The predicted octanol–water partition coefficient (Wildman–Crippen LogP) is 4.13. The molecular weight excluding hydrogens is 417 g/mol. The number of benzene rings is 2. The summed E-state index contributed by atoms with van der Waals surface area (Å²) in [5, 5.41) is 0. The van der Waals surface area contributed by atoms with Gasteiger partial charge in [-0.3, -0.25) is 0 Å². The number of ether oxygens (including phenoxy) is 1. The predicted molar refractivity (Wildman–Crippen MR) is 129 cm³/mol. The Morgan fingerprint density at radius 2 is 1.82 bits per heavy atom. The molecule has 0 radical (unpaired) electrons. The Morgan fingerprint density at radius 1 is 0.970 bits per heavy atom. The second-order valence-electron chi connectivity index (χ2n) is 8.65. The van der Waals surface area contributed by atoms with Crippen LogP contribution in [0.4, 0.5) is 21.8 Å². The lowest BCUT2D eigenvalue weighted by Crippen LogP contribution is -2.48. The molecule has 2 aliphatic heterocycles. The number of hydrogen-bond donors (Lipinski definition) is 0. The SMILES string of the molecule is Fc1cccc(N2CCCC(N(Cc3ccccc3)c3nccc(N4CCOCC4)n3)C2)c1. The highest BCUT2D eigenvalue weighted by Gasteiger charge is 2.28. The Kier molecular flexibility index (Phi) is 6.67. The molecule has 172 valence electrons. The second kappa shape index (κ2) is 10.2. The van der Waals surface area contributed by atoms with Crippen molar-refractivity contribution in [2.75, 3.05) is 54.1 Å². The standard InChI is InChI=1S/C26H30FN5O/c27-22-8-4-9-23(18-22)31-13-5-10-24(20-31)32(19-21-6-2-1-3-7-21)26-28-12-11-25(29-26)30-14-16-33-17-15-30/h1-4,6-9,11-12,18,24H,5,10,13-17,19-20H2. The van der Waals surface area contributed by atoms with Gasteiger partial charge in [-0.25, -0.2) is 9.37 Å². The normalized spacial score (nSPS) is 18.9. The third-order valence-corrected chi connectivity index (χ3v) is 6.43. The topological polar surface area (TPSA) is 44.7 Å². The molecule has 0 spiro atoms. The number of halogens is 1. The van der Waals surface area contributed by atoms with Crippen LogP contribution < -0.4 is 14.7 Å². The van der Waals surface area contributed by atoms with Gasteiger partial charge in [0.25, 0.3) is 0 Å². The van der Waals surface area contributed by atoms with Gasteiger partial charge < -0.3 is 19.4 Å². The molecule has 2 aromatic carbocycles. The first-order valence-corrected chi connectivity index (χ1v) is 11.7. The molecule has 3 heterocycles.